The highest BCUT2D eigenvalue weighted by Crippen LogP contribution is 2.20. The van der Waals surface area contributed by atoms with Crippen molar-refractivity contribution in [3.8, 4) is 0 Å². The molecule has 0 fully saturated rings. The number of nitrogens with one attached hydrogen (secondary N) is 1. The van der Waals surface area contributed by atoms with E-state index in [1.165, 1.54) is 38.0 Å². The minimum Gasteiger partial charge on any atom is -0.465 e. The van der Waals surface area contributed by atoms with Gasteiger partial charge < -0.3 is 14.8 Å². The second kappa shape index (κ2) is 9.52. The zero-order valence-corrected chi connectivity index (χ0v) is 15.7. The van der Waals surface area contributed by atoms with Crippen LogP contribution in [0.3, 0.4) is 0 Å². The molecule has 0 saturated carbocycles. The third-order valence-corrected chi connectivity index (χ3v) is 4.19. The van der Waals surface area contributed by atoms with E-state index >= 15 is 0 Å². The normalized spacial score (nSPS) is 10.2. The Morgan fingerprint density at radius 2 is 1.52 bits per heavy atom. The van der Waals surface area contributed by atoms with E-state index in [0.29, 0.717) is 6.42 Å². The maximum atomic E-state index is 12.3. The lowest BCUT2D eigenvalue weighted by Crippen LogP contribution is -2.16. The zero-order chi connectivity index (χ0) is 19.8. The van der Waals surface area contributed by atoms with Gasteiger partial charge in [0.05, 0.1) is 31.0 Å². The van der Waals surface area contributed by atoms with E-state index in [9.17, 15) is 14.4 Å². The predicted molar refractivity (Wildman–Crippen MR) is 102 cm³/mol. The van der Waals surface area contributed by atoms with Gasteiger partial charge in [0.25, 0.3) is 0 Å². The molecule has 27 heavy (non-hydrogen) atoms. The van der Waals surface area contributed by atoms with E-state index in [4.69, 9.17) is 4.74 Å². The fraction of sp³-hybridized carbons (Fsp3) is 0.286. The first-order valence-electron chi connectivity index (χ1n) is 8.66. The number of methoxy groups -OCH3 is 2. The van der Waals surface area contributed by atoms with Crippen LogP contribution in [0.1, 0.15) is 45.2 Å². The molecule has 6 heteroatoms. The molecular weight excluding hydrogens is 346 g/mol. The molecule has 0 bridgehead atoms. The number of benzene rings is 2. The molecule has 0 aliphatic rings. The van der Waals surface area contributed by atoms with Crippen molar-refractivity contribution in [3.63, 3.8) is 0 Å². The first kappa shape index (κ1) is 20.2. The molecule has 1 amide bonds. The number of hydrogen-bond acceptors (Lipinski definition) is 5. The number of esters is 2. The Labute approximate surface area is 158 Å². The standard InChI is InChI=1S/C21H23NO5/c1-4-14-5-7-15(8-6-14)9-12-19(23)22-18-13-16(20(24)26-2)10-11-17(18)21(25)27-3/h5-8,10-11,13H,4,9,12H2,1-3H3,(H,22,23). The van der Waals surface area contributed by atoms with Crippen LogP contribution in [0.4, 0.5) is 5.69 Å². The van der Waals surface area contributed by atoms with Gasteiger partial charge in [0.15, 0.2) is 0 Å². The van der Waals surface area contributed by atoms with Crippen LogP contribution >= 0.6 is 0 Å². The summed E-state index contributed by atoms with van der Waals surface area (Å²) in [7, 11) is 2.51. The van der Waals surface area contributed by atoms with Gasteiger partial charge in [-0.05, 0) is 42.2 Å². The summed E-state index contributed by atoms with van der Waals surface area (Å²) in [6, 6.07) is 12.4. The molecule has 0 heterocycles. The van der Waals surface area contributed by atoms with Crippen molar-refractivity contribution in [1.29, 1.82) is 0 Å². The minimum absolute atomic E-state index is 0.172. The predicted octanol–water partition coefficient (Wildman–Crippen LogP) is 3.39. The lowest BCUT2D eigenvalue weighted by molar-refractivity contribution is -0.116. The fourth-order valence-corrected chi connectivity index (χ4v) is 2.59. The number of carbonyl (C=O) groups is 3. The van der Waals surface area contributed by atoms with Crippen molar-refractivity contribution >= 4 is 23.5 Å². The highest BCUT2D eigenvalue weighted by molar-refractivity contribution is 6.03. The van der Waals surface area contributed by atoms with Crippen molar-refractivity contribution in [2.45, 2.75) is 26.2 Å². The number of ether oxygens (including phenoxy) is 2. The number of amides is 1. The summed E-state index contributed by atoms with van der Waals surface area (Å²) in [5.74, 6) is -1.42. The molecule has 6 nitrogen and oxygen atoms in total. The summed E-state index contributed by atoms with van der Waals surface area (Å²) in [5.41, 5.74) is 2.92. The van der Waals surface area contributed by atoms with Crippen LogP contribution in [-0.4, -0.2) is 32.1 Å². The largest absolute Gasteiger partial charge is 0.465 e. The van der Waals surface area contributed by atoms with Crippen molar-refractivity contribution in [2.24, 2.45) is 0 Å². The summed E-state index contributed by atoms with van der Waals surface area (Å²) in [4.78, 5) is 36.0. The highest BCUT2D eigenvalue weighted by atomic mass is 16.5. The van der Waals surface area contributed by atoms with Crippen LogP contribution in [0.5, 0.6) is 0 Å². The van der Waals surface area contributed by atoms with Crippen molar-refractivity contribution in [1.82, 2.24) is 0 Å². The lowest BCUT2D eigenvalue weighted by atomic mass is 10.1. The second-order valence-corrected chi connectivity index (χ2v) is 5.96. The molecule has 0 atom stereocenters. The van der Waals surface area contributed by atoms with E-state index in [2.05, 4.69) is 17.0 Å². The van der Waals surface area contributed by atoms with Crippen LogP contribution in [-0.2, 0) is 27.1 Å². The van der Waals surface area contributed by atoms with Gasteiger partial charge in [-0.1, -0.05) is 31.2 Å². The minimum atomic E-state index is -0.600. The Morgan fingerprint density at radius 1 is 0.889 bits per heavy atom. The number of aryl methyl sites for hydroxylation is 2. The quantitative estimate of drug-likeness (QED) is 0.757. The Morgan fingerprint density at radius 3 is 2.11 bits per heavy atom. The van der Waals surface area contributed by atoms with Gasteiger partial charge in [-0.3, -0.25) is 4.79 Å². The first-order valence-corrected chi connectivity index (χ1v) is 8.66. The van der Waals surface area contributed by atoms with Gasteiger partial charge in [0.1, 0.15) is 0 Å². The molecular formula is C21H23NO5. The summed E-state index contributed by atoms with van der Waals surface area (Å²) in [6.07, 6.45) is 1.78. The molecule has 0 aromatic heterocycles. The average Bonchev–Trinajstić information content (AvgIpc) is 2.71. The van der Waals surface area contributed by atoms with Gasteiger partial charge in [-0.25, -0.2) is 9.59 Å². The third kappa shape index (κ3) is 5.41. The molecule has 2 rings (SSSR count). The zero-order valence-electron chi connectivity index (χ0n) is 15.7. The monoisotopic (exact) mass is 369 g/mol. The molecule has 0 aliphatic carbocycles. The topological polar surface area (TPSA) is 81.7 Å². The molecule has 0 saturated heterocycles. The summed E-state index contributed by atoms with van der Waals surface area (Å²) in [6.45, 7) is 2.09. The summed E-state index contributed by atoms with van der Waals surface area (Å²) >= 11 is 0. The molecule has 2 aromatic rings. The highest BCUT2D eigenvalue weighted by Gasteiger charge is 2.17. The van der Waals surface area contributed by atoms with Crippen molar-refractivity contribution in [3.05, 3.63) is 64.7 Å². The Balaban J connectivity index is 2.11. The van der Waals surface area contributed by atoms with Crippen LogP contribution in [0.25, 0.3) is 0 Å². The molecule has 0 spiro atoms. The van der Waals surface area contributed by atoms with Crippen LogP contribution in [0.15, 0.2) is 42.5 Å². The average molecular weight is 369 g/mol. The van der Waals surface area contributed by atoms with Gasteiger partial charge in [0.2, 0.25) is 5.91 Å². The first-order chi connectivity index (χ1) is 13.0. The lowest BCUT2D eigenvalue weighted by Gasteiger charge is -2.11. The van der Waals surface area contributed by atoms with E-state index in [1.54, 1.807) is 0 Å². The van der Waals surface area contributed by atoms with Crippen LogP contribution < -0.4 is 5.32 Å². The number of anilines is 1. The van der Waals surface area contributed by atoms with E-state index < -0.39 is 11.9 Å². The Kier molecular flexibility index (Phi) is 7.11. The molecule has 1 N–H and O–H groups in total. The maximum Gasteiger partial charge on any atom is 0.339 e. The van der Waals surface area contributed by atoms with E-state index in [0.717, 1.165) is 12.0 Å². The van der Waals surface area contributed by atoms with Crippen LogP contribution in [0, 0.1) is 0 Å². The Bertz CT molecular complexity index is 827. The fourth-order valence-electron chi connectivity index (χ4n) is 2.59. The SMILES string of the molecule is CCc1ccc(CCC(=O)Nc2cc(C(=O)OC)ccc2C(=O)OC)cc1. The maximum absolute atomic E-state index is 12.3. The number of hydrogen-bond donors (Lipinski definition) is 1. The third-order valence-electron chi connectivity index (χ3n) is 4.19. The smallest absolute Gasteiger partial charge is 0.339 e. The van der Waals surface area contributed by atoms with E-state index in [-0.39, 0.29) is 29.1 Å². The van der Waals surface area contributed by atoms with Gasteiger partial charge >= 0.3 is 11.9 Å². The summed E-state index contributed by atoms with van der Waals surface area (Å²) < 4.78 is 9.41. The van der Waals surface area contributed by atoms with E-state index in [1.807, 2.05) is 24.3 Å². The molecule has 0 aliphatic heterocycles. The van der Waals surface area contributed by atoms with Gasteiger partial charge in [0, 0.05) is 6.42 Å². The summed E-state index contributed by atoms with van der Waals surface area (Å²) in [5, 5.41) is 2.69. The molecule has 0 radical (unpaired) electrons. The molecule has 2 aromatic carbocycles. The van der Waals surface area contributed by atoms with Crippen molar-refractivity contribution < 1.29 is 23.9 Å². The van der Waals surface area contributed by atoms with Gasteiger partial charge in [-0.15, -0.1) is 0 Å². The van der Waals surface area contributed by atoms with Crippen LogP contribution in [0.2, 0.25) is 0 Å². The Hall–Kier alpha value is -3.15. The molecule has 142 valence electrons. The number of carbonyl (C=O) groups excluding carboxylic acids is 3. The number of rotatable bonds is 7. The van der Waals surface area contributed by atoms with Gasteiger partial charge in [-0.2, -0.15) is 0 Å². The molecule has 0 unspecified atom stereocenters. The second-order valence-electron chi connectivity index (χ2n) is 5.96. The van der Waals surface area contributed by atoms with Crippen molar-refractivity contribution in [2.75, 3.05) is 19.5 Å².